The van der Waals surface area contributed by atoms with Gasteiger partial charge in [0.1, 0.15) is 10.7 Å². The van der Waals surface area contributed by atoms with E-state index in [1.807, 2.05) is 29.8 Å². The second kappa shape index (κ2) is 6.26. The molecule has 0 radical (unpaired) electrons. The van der Waals surface area contributed by atoms with Gasteiger partial charge in [0.05, 0.1) is 19.3 Å². The van der Waals surface area contributed by atoms with E-state index in [2.05, 4.69) is 18.9 Å². The van der Waals surface area contributed by atoms with Gasteiger partial charge in [0.2, 0.25) is 0 Å². The summed E-state index contributed by atoms with van der Waals surface area (Å²) in [4.78, 5) is 0.390. The molecule has 5 heteroatoms. The number of nitrogens with zero attached hydrogens (tertiary/aromatic N) is 2. The summed E-state index contributed by atoms with van der Waals surface area (Å²) in [5, 5.41) is 4.62. The third-order valence-corrected chi connectivity index (χ3v) is 4.01. The van der Waals surface area contributed by atoms with Crippen LogP contribution in [0.15, 0.2) is 18.2 Å². The molecule has 0 amide bonds. The first kappa shape index (κ1) is 15.5. The maximum absolute atomic E-state index is 5.72. The highest BCUT2D eigenvalue weighted by atomic mass is 32.1. The highest BCUT2D eigenvalue weighted by Crippen LogP contribution is 2.23. The first-order valence-corrected chi connectivity index (χ1v) is 7.38. The van der Waals surface area contributed by atoms with E-state index in [1.165, 1.54) is 11.3 Å². The molecule has 0 spiro atoms. The minimum atomic E-state index is 0.390. The third kappa shape index (κ3) is 3.08. The summed E-state index contributed by atoms with van der Waals surface area (Å²) in [6, 6.07) is 5.75. The van der Waals surface area contributed by atoms with E-state index in [9.17, 15) is 0 Å². The van der Waals surface area contributed by atoms with Crippen LogP contribution in [-0.2, 0) is 13.0 Å². The van der Waals surface area contributed by atoms with Crippen molar-refractivity contribution in [2.75, 3.05) is 7.11 Å². The normalized spacial score (nSPS) is 10.7. The Hall–Kier alpha value is -1.88. The molecule has 0 unspecified atom stereocenters. The fourth-order valence-electron chi connectivity index (χ4n) is 2.62. The van der Waals surface area contributed by atoms with Gasteiger partial charge in [-0.15, -0.1) is 0 Å². The minimum Gasteiger partial charge on any atom is -0.496 e. The Kier molecular flexibility index (Phi) is 4.63. The van der Waals surface area contributed by atoms with Gasteiger partial charge in [0, 0.05) is 16.8 Å². The predicted molar refractivity (Wildman–Crippen MR) is 89.1 cm³/mol. The molecule has 0 aliphatic carbocycles. The molecule has 0 aliphatic heterocycles. The Labute approximate surface area is 130 Å². The molecule has 2 N–H and O–H groups in total. The van der Waals surface area contributed by atoms with Gasteiger partial charge in [0.25, 0.3) is 0 Å². The monoisotopic (exact) mass is 303 g/mol. The van der Waals surface area contributed by atoms with E-state index < -0.39 is 0 Å². The van der Waals surface area contributed by atoms with Crippen molar-refractivity contribution in [3.05, 3.63) is 46.3 Å². The molecule has 2 aromatic rings. The number of nitrogens with two attached hydrogens (primary N) is 1. The fraction of sp³-hybridized carbons (Fsp3) is 0.375. The van der Waals surface area contributed by atoms with E-state index in [-0.39, 0.29) is 0 Å². The van der Waals surface area contributed by atoms with Crippen molar-refractivity contribution < 1.29 is 4.74 Å². The molecule has 4 nitrogen and oxygen atoms in total. The molecular formula is C16H21N3OS. The lowest BCUT2D eigenvalue weighted by Crippen LogP contribution is -2.11. The molecule has 0 atom stereocenters. The summed E-state index contributed by atoms with van der Waals surface area (Å²) in [6.45, 7) is 6.94. The van der Waals surface area contributed by atoms with Crippen LogP contribution in [0.4, 0.5) is 0 Å². The molecule has 0 fully saturated rings. The topological polar surface area (TPSA) is 53.1 Å². The number of ether oxygens (including phenoxy) is 1. The molecule has 21 heavy (non-hydrogen) atoms. The zero-order chi connectivity index (χ0) is 15.6. The van der Waals surface area contributed by atoms with Gasteiger partial charge in [-0.25, -0.2) is 0 Å². The summed E-state index contributed by atoms with van der Waals surface area (Å²) in [5.41, 5.74) is 11.2. The largest absolute Gasteiger partial charge is 0.496 e. The van der Waals surface area contributed by atoms with Crippen LogP contribution in [-0.4, -0.2) is 21.9 Å². The minimum absolute atomic E-state index is 0.390. The molecule has 0 saturated heterocycles. The lowest BCUT2D eigenvalue weighted by atomic mass is 10.1. The lowest BCUT2D eigenvalue weighted by Gasteiger charge is -2.12. The SMILES string of the molecule is CCc1c(C)nn(Cc2cc(C(N)=S)ccc2OC)c1C. The Bertz CT molecular complexity index is 676. The number of hydrogen-bond acceptors (Lipinski definition) is 3. The van der Waals surface area contributed by atoms with Crippen LogP contribution in [0.25, 0.3) is 0 Å². The molecule has 0 aliphatic rings. The van der Waals surface area contributed by atoms with Crippen LogP contribution in [0.5, 0.6) is 5.75 Å². The quantitative estimate of drug-likeness (QED) is 0.863. The van der Waals surface area contributed by atoms with Crippen LogP contribution in [0.3, 0.4) is 0 Å². The van der Waals surface area contributed by atoms with Crippen molar-refractivity contribution >= 4 is 17.2 Å². The molecule has 1 aromatic carbocycles. The van der Waals surface area contributed by atoms with Crippen LogP contribution >= 0.6 is 12.2 Å². The van der Waals surface area contributed by atoms with E-state index in [0.717, 1.165) is 29.0 Å². The summed E-state index contributed by atoms with van der Waals surface area (Å²) >= 11 is 5.05. The first-order chi connectivity index (χ1) is 9.97. The van der Waals surface area contributed by atoms with Gasteiger partial charge in [-0.3, -0.25) is 4.68 Å². The molecule has 1 aromatic heterocycles. The van der Waals surface area contributed by atoms with Crippen LogP contribution in [0.1, 0.15) is 35.0 Å². The van der Waals surface area contributed by atoms with E-state index >= 15 is 0 Å². The van der Waals surface area contributed by atoms with Crippen LogP contribution in [0.2, 0.25) is 0 Å². The third-order valence-electron chi connectivity index (χ3n) is 3.77. The number of thiocarbonyl (C=S) groups is 1. The predicted octanol–water partition coefficient (Wildman–Crippen LogP) is 2.75. The highest BCUT2D eigenvalue weighted by Gasteiger charge is 2.13. The number of aromatic nitrogens is 2. The summed E-state index contributed by atoms with van der Waals surface area (Å²) in [7, 11) is 1.66. The molecule has 112 valence electrons. The zero-order valence-corrected chi connectivity index (χ0v) is 13.8. The number of aryl methyl sites for hydroxylation is 1. The number of hydrogen-bond donors (Lipinski definition) is 1. The second-order valence-electron chi connectivity index (χ2n) is 5.05. The second-order valence-corrected chi connectivity index (χ2v) is 5.49. The molecule has 0 saturated carbocycles. The van der Waals surface area contributed by atoms with Crippen molar-refractivity contribution in [3.63, 3.8) is 0 Å². The fourth-order valence-corrected chi connectivity index (χ4v) is 2.74. The Morgan fingerprint density at radius 3 is 2.62 bits per heavy atom. The smallest absolute Gasteiger partial charge is 0.123 e. The number of rotatable bonds is 5. The Morgan fingerprint density at radius 1 is 1.38 bits per heavy atom. The number of methoxy groups -OCH3 is 1. The Balaban J connectivity index is 2.43. The van der Waals surface area contributed by atoms with E-state index in [0.29, 0.717) is 11.5 Å². The van der Waals surface area contributed by atoms with Crippen molar-refractivity contribution in [2.24, 2.45) is 5.73 Å². The molecule has 2 rings (SSSR count). The van der Waals surface area contributed by atoms with Crippen LogP contribution < -0.4 is 10.5 Å². The molecule has 0 bridgehead atoms. The first-order valence-electron chi connectivity index (χ1n) is 6.97. The van der Waals surface area contributed by atoms with Gasteiger partial charge in [-0.1, -0.05) is 19.1 Å². The highest BCUT2D eigenvalue weighted by molar-refractivity contribution is 7.80. The van der Waals surface area contributed by atoms with Gasteiger partial charge < -0.3 is 10.5 Å². The molecular weight excluding hydrogens is 282 g/mol. The van der Waals surface area contributed by atoms with Gasteiger partial charge in [-0.05, 0) is 44.0 Å². The van der Waals surface area contributed by atoms with Crippen molar-refractivity contribution in [3.8, 4) is 5.75 Å². The summed E-state index contributed by atoms with van der Waals surface area (Å²) < 4.78 is 7.44. The lowest BCUT2D eigenvalue weighted by molar-refractivity contribution is 0.407. The maximum atomic E-state index is 5.72. The van der Waals surface area contributed by atoms with Gasteiger partial charge in [-0.2, -0.15) is 5.10 Å². The number of benzene rings is 1. The van der Waals surface area contributed by atoms with Crippen LogP contribution in [0, 0.1) is 13.8 Å². The Morgan fingerprint density at radius 2 is 2.10 bits per heavy atom. The average molecular weight is 303 g/mol. The van der Waals surface area contributed by atoms with Crippen molar-refractivity contribution in [1.29, 1.82) is 0 Å². The van der Waals surface area contributed by atoms with E-state index in [1.54, 1.807) is 7.11 Å². The summed E-state index contributed by atoms with van der Waals surface area (Å²) in [6.07, 6.45) is 0.988. The van der Waals surface area contributed by atoms with E-state index in [4.69, 9.17) is 22.7 Å². The standard InChI is InChI=1S/C16H21N3OS/c1-5-14-10(2)18-19(11(14)3)9-13-8-12(16(17)21)6-7-15(13)20-4/h6-8H,5,9H2,1-4H3,(H2,17,21). The average Bonchev–Trinajstić information content (AvgIpc) is 2.72. The van der Waals surface area contributed by atoms with Crippen molar-refractivity contribution in [2.45, 2.75) is 33.7 Å². The zero-order valence-electron chi connectivity index (χ0n) is 12.9. The molecule has 1 heterocycles. The van der Waals surface area contributed by atoms with Gasteiger partial charge in [0.15, 0.2) is 0 Å². The summed E-state index contributed by atoms with van der Waals surface area (Å²) in [5.74, 6) is 0.820. The van der Waals surface area contributed by atoms with Crippen molar-refractivity contribution in [1.82, 2.24) is 9.78 Å². The maximum Gasteiger partial charge on any atom is 0.123 e. The van der Waals surface area contributed by atoms with Gasteiger partial charge >= 0.3 is 0 Å².